The van der Waals surface area contributed by atoms with Gasteiger partial charge in [-0.05, 0) is 57.5 Å². The number of aryl methyl sites for hydroxylation is 3. The van der Waals surface area contributed by atoms with E-state index in [0.29, 0.717) is 6.04 Å². The zero-order valence-electron chi connectivity index (χ0n) is 15.8. The molecule has 1 N–H and O–H groups in total. The van der Waals surface area contributed by atoms with Crippen molar-refractivity contribution in [2.75, 3.05) is 46.3 Å². The van der Waals surface area contributed by atoms with Crippen molar-refractivity contribution in [2.24, 2.45) is 0 Å². The van der Waals surface area contributed by atoms with Crippen LogP contribution in [0.25, 0.3) is 0 Å². The molecule has 0 radical (unpaired) electrons. The summed E-state index contributed by atoms with van der Waals surface area (Å²) in [6, 6.07) is 5.20. The third-order valence-electron chi connectivity index (χ3n) is 5.11. The van der Waals surface area contributed by atoms with Crippen LogP contribution >= 0.6 is 0 Å². The van der Waals surface area contributed by atoms with E-state index in [1.54, 1.807) is 5.56 Å². The summed E-state index contributed by atoms with van der Waals surface area (Å²) in [5.41, 5.74) is 5.82. The van der Waals surface area contributed by atoms with Gasteiger partial charge in [-0.2, -0.15) is 0 Å². The van der Waals surface area contributed by atoms with Crippen molar-refractivity contribution in [3.63, 3.8) is 0 Å². The molecule has 1 aromatic carbocycles. The summed E-state index contributed by atoms with van der Waals surface area (Å²) < 4.78 is 0. The second-order valence-corrected chi connectivity index (χ2v) is 7.21. The third kappa shape index (κ3) is 5.03. The highest BCUT2D eigenvalue weighted by atomic mass is 15.2. The van der Waals surface area contributed by atoms with E-state index in [2.05, 4.69) is 62.0 Å². The molecule has 23 heavy (non-hydrogen) atoms. The average Bonchev–Trinajstić information content (AvgIpc) is 2.51. The molecule has 1 aliphatic rings. The summed E-state index contributed by atoms with van der Waals surface area (Å²) >= 11 is 0. The highest BCUT2D eigenvalue weighted by Gasteiger charge is 2.24. The van der Waals surface area contributed by atoms with Crippen molar-refractivity contribution >= 4 is 0 Å². The van der Waals surface area contributed by atoms with Crippen LogP contribution in [0.4, 0.5) is 0 Å². The van der Waals surface area contributed by atoms with Crippen LogP contribution in [-0.4, -0.2) is 56.1 Å². The van der Waals surface area contributed by atoms with Crippen molar-refractivity contribution in [3.05, 3.63) is 34.4 Å². The van der Waals surface area contributed by atoms with Gasteiger partial charge >= 0.3 is 0 Å². The first-order chi connectivity index (χ1) is 11.0. The lowest BCUT2D eigenvalue weighted by molar-refractivity contribution is 0.148. The molecule has 1 heterocycles. The van der Waals surface area contributed by atoms with Crippen molar-refractivity contribution in [1.82, 2.24) is 15.1 Å². The molecule has 0 amide bonds. The summed E-state index contributed by atoms with van der Waals surface area (Å²) in [5, 5.41) is 3.47. The Bertz CT molecular complexity index is 469. The van der Waals surface area contributed by atoms with E-state index in [4.69, 9.17) is 0 Å². The van der Waals surface area contributed by atoms with Gasteiger partial charge in [-0.25, -0.2) is 0 Å². The van der Waals surface area contributed by atoms with Crippen LogP contribution in [0, 0.1) is 20.8 Å². The Labute approximate surface area is 143 Å². The van der Waals surface area contributed by atoms with Gasteiger partial charge in [0.05, 0.1) is 0 Å². The van der Waals surface area contributed by atoms with Gasteiger partial charge in [0.15, 0.2) is 0 Å². The van der Waals surface area contributed by atoms with Crippen LogP contribution in [0.15, 0.2) is 12.1 Å². The number of likely N-dealkylation sites (N-methyl/N-ethyl adjacent to an activating group) is 1. The third-order valence-corrected chi connectivity index (χ3v) is 5.11. The van der Waals surface area contributed by atoms with Crippen molar-refractivity contribution in [3.8, 4) is 0 Å². The van der Waals surface area contributed by atoms with Gasteiger partial charge in [-0.15, -0.1) is 0 Å². The molecular formula is C20H35N3. The molecule has 0 aromatic heterocycles. The number of piperazine rings is 1. The molecule has 0 spiro atoms. The van der Waals surface area contributed by atoms with Crippen molar-refractivity contribution < 1.29 is 0 Å². The summed E-state index contributed by atoms with van der Waals surface area (Å²) in [5.74, 6) is 0. The van der Waals surface area contributed by atoms with Gasteiger partial charge in [0.2, 0.25) is 0 Å². The topological polar surface area (TPSA) is 18.5 Å². The van der Waals surface area contributed by atoms with Crippen LogP contribution < -0.4 is 5.32 Å². The van der Waals surface area contributed by atoms with E-state index in [1.807, 2.05) is 0 Å². The van der Waals surface area contributed by atoms with Gasteiger partial charge in [0.25, 0.3) is 0 Å². The molecule has 0 bridgehead atoms. The van der Waals surface area contributed by atoms with Gasteiger partial charge < -0.3 is 5.32 Å². The predicted molar refractivity (Wildman–Crippen MR) is 100 cm³/mol. The number of benzene rings is 1. The minimum atomic E-state index is 0.500. The monoisotopic (exact) mass is 317 g/mol. The number of hydrogen-bond acceptors (Lipinski definition) is 3. The van der Waals surface area contributed by atoms with Crippen LogP contribution in [-0.2, 0) is 0 Å². The molecule has 3 nitrogen and oxygen atoms in total. The first-order valence-corrected chi connectivity index (χ1v) is 9.24. The van der Waals surface area contributed by atoms with E-state index < -0.39 is 0 Å². The quantitative estimate of drug-likeness (QED) is 0.832. The summed E-state index contributed by atoms with van der Waals surface area (Å²) in [4.78, 5) is 5.21. The van der Waals surface area contributed by atoms with Gasteiger partial charge in [-0.1, -0.05) is 31.0 Å². The van der Waals surface area contributed by atoms with Gasteiger partial charge in [-0.3, -0.25) is 9.80 Å². The van der Waals surface area contributed by atoms with E-state index >= 15 is 0 Å². The smallest absolute Gasteiger partial charge is 0.0477 e. The molecular weight excluding hydrogens is 282 g/mol. The van der Waals surface area contributed by atoms with Gasteiger partial charge in [0.1, 0.15) is 0 Å². The molecule has 2 rings (SSSR count). The maximum absolute atomic E-state index is 3.47. The lowest BCUT2D eigenvalue weighted by atomic mass is 9.92. The van der Waals surface area contributed by atoms with Crippen LogP contribution in [0.5, 0.6) is 0 Å². The fourth-order valence-corrected chi connectivity index (χ4v) is 3.87. The molecule has 1 unspecified atom stereocenters. The molecule has 0 aliphatic carbocycles. The fraction of sp³-hybridized carbons (Fsp3) is 0.700. The maximum Gasteiger partial charge on any atom is 0.0477 e. The average molecular weight is 318 g/mol. The fourth-order valence-electron chi connectivity index (χ4n) is 3.87. The number of rotatable bonds is 7. The van der Waals surface area contributed by atoms with Crippen molar-refractivity contribution in [2.45, 2.75) is 46.6 Å². The second kappa shape index (κ2) is 8.81. The Kier molecular flexibility index (Phi) is 7.07. The Hall–Kier alpha value is -0.900. The molecule has 1 saturated heterocycles. The molecule has 1 atom stereocenters. The largest absolute Gasteiger partial charge is 0.314 e. The predicted octanol–water partition coefficient (Wildman–Crippen LogP) is 3.29. The summed E-state index contributed by atoms with van der Waals surface area (Å²) in [6.07, 6.45) is 2.54. The number of nitrogens with one attached hydrogen (secondary N) is 1. The number of unbranched alkanes of at least 4 members (excludes halogenated alkanes) is 1. The molecule has 3 heteroatoms. The Morgan fingerprint density at radius 2 is 1.74 bits per heavy atom. The van der Waals surface area contributed by atoms with Crippen LogP contribution in [0.1, 0.15) is 48.1 Å². The van der Waals surface area contributed by atoms with E-state index in [9.17, 15) is 0 Å². The lowest BCUT2D eigenvalue weighted by Crippen LogP contribution is -2.47. The van der Waals surface area contributed by atoms with Crippen LogP contribution in [0.2, 0.25) is 0 Å². The van der Waals surface area contributed by atoms with Crippen molar-refractivity contribution in [1.29, 1.82) is 0 Å². The minimum Gasteiger partial charge on any atom is -0.314 e. The van der Waals surface area contributed by atoms with Crippen LogP contribution in [0.3, 0.4) is 0 Å². The second-order valence-electron chi connectivity index (χ2n) is 7.21. The standard InChI is InChI=1S/C20H35N3/c1-6-7-10-22(5)19(15-23-11-8-21-9-12-23)20-17(3)13-16(2)14-18(20)4/h13-14,19,21H,6-12,15H2,1-5H3. The lowest BCUT2D eigenvalue weighted by Gasteiger charge is -2.37. The highest BCUT2D eigenvalue weighted by Crippen LogP contribution is 2.28. The Morgan fingerprint density at radius 3 is 2.30 bits per heavy atom. The Balaban J connectivity index is 2.24. The molecule has 130 valence electrons. The molecule has 1 aromatic rings. The normalized spacial score (nSPS) is 17.7. The molecule has 1 fully saturated rings. The van der Waals surface area contributed by atoms with E-state index in [0.717, 1.165) is 19.6 Å². The van der Waals surface area contributed by atoms with Gasteiger partial charge in [0, 0.05) is 38.8 Å². The Morgan fingerprint density at radius 1 is 1.13 bits per heavy atom. The zero-order chi connectivity index (χ0) is 16.8. The molecule has 1 aliphatic heterocycles. The number of hydrogen-bond donors (Lipinski definition) is 1. The van der Waals surface area contributed by atoms with E-state index in [-0.39, 0.29) is 0 Å². The molecule has 0 saturated carbocycles. The number of nitrogens with zero attached hydrogens (tertiary/aromatic N) is 2. The minimum absolute atomic E-state index is 0.500. The maximum atomic E-state index is 3.47. The van der Waals surface area contributed by atoms with E-state index in [1.165, 1.54) is 49.2 Å². The SMILES string of the molecule is CCCCN(C)C(CN1CCNCC1)c1c(C)cc(C)cc1C. The summed E-state index contributed by atoms with van der Waals surface area (Å²) in [7, 11) is 2.31. The highest BCUT2D eigenvalue weighted by molar-refractivity contribution is 5.40. The summed E-state index contributed by atoms with van der Waals surface area (Å²) in [6.45, 7) is 16.0. The zero-order valence-corrected chi connectivity index (χ0v) is 15.8. The first kappa shape index (κ1) is 18.4. The first-order valence-electron chi connectivity index (χ1n) is 9.24.